The molecule has 2 nitrogen and oxygen atoms in total. The van der Waals surface area contributed by atoms with Gasteiger partial charge in [0.25, 0.3) is 0 Å². The van der Waals surface area contributed by atoms with Gasteiger partial charge in [0, 0.05) is 12.2 Å². The molecule has 3 rings (SSSR count). The molecule has 0 saturated carbocycles. The van der Waals surface area contributed by atoms with Gasteiger partial charge in [-0.15, -0.1) is 0 Å². The molecule has 0 saturated heterocycles. The standard InChI is InChI=1S/C22H21ClFNO/c1-15-6-8-20(10-16(15)2)25-13-17-7-9-22(21(23)12-17)26-14-18-4-3-5-19(24)11-18/h3-12,25H,13-14H2,1-2H3. The first-order valence-corrected chi connectivity index (χ1v) is 8.86. The van der Waals surface area contributed by atoms with Crippen molar-refractivity contribution in [2.45, 2.75) is 27.0 Å². The van der Waals surface area contributed by atoms with Crippen LogP contribution in [-0.2, 0) is 13.2 Å². The average Bonchev–Trinajstić information content (AvgIpc) is 2.62. The van der Waals surface area contributed by atoms with Crippen molar-refractivity contribution in [3.8, 4) is 5.75 Å². The highest BCUT2D eigenvalue weighted by Crippen LogP contribution is 2.27. The lowest BCUT2D eigenvalue weighted by molar-refractivity contribution is 0.305. The summed E-state index contributed by atoms with van der Waals surface area (Å²) in [6.45, 7) is 5.15. The predicted octanol–water partition coefficient (Wildman–Crippen LogP) is 6.29. The van der Waals surface area contributed by atoms with Crippen LogP contribution in [0.1, 0.15) is 22.3 Å². The minimum atomic E-state index is -0.273. The molecule has 134 valence electrons. The Bertz CT molecular complexity index is 910. The first kappa shape index (κ1) is 18.3. The third-order valence-electron chi connectivity index (χ3n) is 4.28. The Hall–Kier alpha value is -2.52. The van der Waals surface area contributed by atoms with Gasteiger partial charge in [0.1, 0.15) is 18.2 Å². The second-order valence-electron chi connectivity index (χ2n) is 6.34. The normalized spacial score (nSPS) is 10.6. The summed E-state index contributed by atoms with van der Waals surface area (Å²) in [5, 5.41) is 3.94. The fourth-order valence-corrected chi connectivity index (χ4v) is 2.87. The smallest absolute Gasteiger partial charge is 0.138 e. The van der Waals surface area contributed by atoms with E-state index in [9.17, 15) is 4.39 Å². The first-order valence-electron chi connectivity index (χ1n) is 8.48. The summed E-state index contributed by atoms with van der Waals surface area (Å²) in [6, 6.07) is 18.4. The van der Waals surface area contributed by atoms with Gasteiger partial charge < -0.3 is 10.1 Å². The van der Waals surface area contributed by atoms with Crippen molar-refractivity contribution in [2.75, 3.05) is 5.32 Å². The van der Waals surface area contributed by atoms with Gasteiger partial charge in [-0.3, -0.25) is 0 Å². The molecule has 0 fully saturated rings. The summed E-state index contributed by atoms with van der Waals surface area (Å²) in [4.78, 5) is 0. The van der Waals surface area contributed by atoms with Crippen LogP contribution in [0.25, 0.3) is 0 Å². The zero-order valence-corrected chi connectivity index (χ0v) is 15.6. The number of ether oxygens (including phenoxy) is 1. The number of anilines is 1. The van der Waals surface area contributed by atoms with Crippen molar-refractivity contribution in [3.63, 3.8) is 0 Å². The van der Waals surface area contributed by atoms with Crippen LogP contribution in [0.5, 0.6) is 5.75 Å². The van der Waals surface area contributed by atoms with E-state index in [1.165, 1.54) is 23.3 Å². The lowest BCUT2D eigenvalue weighted by Crippen LogP contribution is -2.01. The van der Waals surface area contributed by atoms with Crippen LogP contribution < -0.4 is 10.1 Å². The van der Waals surface area contributed by atoms with Gasteiger partial charge in [-0.25, -0.2) is 4.39 Å². The first-order chi connectivity index (χ1) is 12.5. The highest BCUT2D eigenvalue weighted by Gasteiger charge is 2.05. The molecule has 0 unspecified atom stereocenters. The van der Waals surface area contributed by atoms with Gasteiger partial charge in [0.15, 0.2) is 0 Å². The van der Waals surface area contributed by atoms with Crippen molar-refractivity contribution in [1.29, 1.82) is 0 Å². The molecule has 3 aromatic rings. The largest absolute Gasteiger partial charge is 0.487 e. The van der Waals surface area contributed by atoms with Crippen LogP contribution in [-0.4, -0.2) is 0 Å². The SMILES string of the molecule is Cc1ccc(NCc2ccc(OCc3cccc(F)c3)c(Cl)c2)cc1C. The van der Waals surface area contributed by atoms with Crippen LogP contribution in [0.2, 0.25) is 5.02 Å². The quantitative estimate of drug-likeness (QED) is 0.551. The number of halogens is 2. The van der Waals surface area contributed by atoms with Crippen molar-refractivity contribution < 1.29 is 9.13 Å². The number of rotatable bonds is 6. The molecule has 0 heterocycles. The summed E-state index contributed by atoms with van der Waals surface area (Å²) < 4.78 is 18.9. The molecule has 0 spiro atoms. The highest BCUT2D eigenvalue weighted by molar-refractivity contribution is 6.32. The predicted molar refractivity (Wildman–Crippen MR) is 105 cm³/mol. The number of aryl methyl sites for hydroxylation is 2. The summed E-state index contributed by atoms with van der Waals surface area (Å²) in [5.41, 5.74) is 5.44. The van der Waals surface area contributed by atoms with Crippen LogP contribution in [0.15, 0.2) is 60.7 Å². The van der Waals surface area contributed by atoms with Gasteiger partial charge in [-0.05, 0) is 72.5 Å². The number of nitrogens with one attached hydrogen (secondary N) is 1. The van der Waals surface area contributed by atoms with Gasteiger partial charge in [0.2, 0.25) is 0 Å². The molecule has 0 aromatic heterocycles. The van der Waals surface area contributed by atoms with Crippen molar-refractivity contribution in [3.05, 3.63) is 93.8 Å². The maximum absolute atomic E-state index is 13.2. The zero-order chi connectivity index (χ0) is 18.5. The van der Waals surface area contributed by atoms with Crippen LogP contribution in [0.4, 0.5) is 10.1 Å². The Morgan fingerprint density at radius 2 is 1.77 bits per heavy atom. The highest BCUT2D eigenvalue weighted by atomic mass is 35.5. The maximum Gasteiger partial charge on any atom is 0.138 e. The maximum atomic E-state index is 13.2. The van der Waals surface area contributed by atoms with Crippen LogP contribution in [0.3, 0.4) is 0 Å². The minimum absolute atomic E-state index is 0.273. The number of hydrogen-bond donors (Lipinski definition) is 1. The van der Waals surface area contributed by atoms with Crippen molar-refractivity contribution in [2.24, 2.45) is 0 Å². The minimum Gasteiger partial charge on any atom is -0.487 e. The van der Waals surface area contributed by atoms with Crippen molar-refractivity contribution >= 4 is 17.3 Å². The molecule has 0 atom stereocenters. The topological polar surface area (TPSA) is 21.3 Å². The van der Waals surface area contributed by atoms with E-state index in [0.717, 1.165) is 16.8 Å². The van der Waals surface area contributed by atoms with Crippen LogP contribution in [0, 0.1) is 19.7 Å². The monoisotopic (exact) mass is 369 g/mol. The summed E-state index contributed by atoms with van der Waals surface area (Å²) in [7, 11) is 0. The molecule has 0 bridgehead atoms. The lowest BCUT2D eigenvalue weighted by Gasteiger charge is -2.12. The Balaban J connectivity index is 1.60. The number of benzene rings is 3. The Kier molecular flexibility index (Phi) is 5.79. The average molecular weight is 370 g/mol. The molecule has 0 radical (unpaired) electrons. The summed E-state index contributed by atoms with van der Waals surface area (Å²) in [6.07, 6.45) is 0. The molecule has 0 amide bonds. The van der Waals surface area contributed by atoms with Crippen LogP contribution >= 0.6 is 11.6 Å². The van der Waals surface area contributed by atoms with E-state index in [1.54, 1.807) is 6.07 Å². The zero-order valence-electron chi connectivity index (χ0n) is 14.9. The molecule has 26 heavy (non-hydrogen) atoms. The van der Waals surface area contributed by atoms with E-state index in [2.05, 4.69) is 37.4 Å². The Morgan fingerprint density at radius 1 is 0.923 bits per heavy atom. The lowest BCUT2D eigenvalue weighted by atomic mass is 10.1. The molecule has 0 aliphatic rings. The Labute approximate surface area is 158 Å². The van der Waals surface area contributed by atoms with E-state index < -0.39 is 0 Å². The molecule has 4 heteroatoms. The van der Waals surface area contributed by atoms with Gasteiger partial charge in [-0.2, -0.15) is 0 Å². The fourth-order valence-electron chi connectivity index (χ4n) is 2.61. The third kappa shape index (κ3) is 4.77. The van der Waals surface area contributed by atoms with E-state index >= 15 is 0 Å². The van der Waals surface area contributed by atoms with E-state index in [1.807, 2.05) is 24.3 Å². The molecule has 0 aliphatic heterocycles. The third-order valence-corrected chi connectivity index (χ3v) is 4.58. The molecule has 1 N–H and O–H groups in total. The molecular weight excluding hydrogens is 349 g/mol. The molecule has 0 aliphatic carbocycles. The summed E-state index contributed by atoms with van der Waals surface area (Å²) in [5.74, 6) is 0.316. The number of hydrogen-bond acceptors (Lipinski definition) is 2. The fraction of sp³-hybridized carbons (Fsp3) is 0.182. The van der Waals surface area contributed by atoms with Gasteiger partial charge in [0.05, 0.1) is 5.02 Å². The Morgan fingerprint density at radius 3 is 2.50 bits per heavy atom. The summed E-state index contributed by atoms with van der Waals surface area (Å²) >= 11 is 6.33. The van der Waals surface area contributed by atoms with E-state index in [4.69, 9.17) is 16.3 Å². The van der Waals surface area contributed by atoms with Crippen molar-refractivity contribution in [1.82, 2.24) is 0 Å². The van der Waals surface area contributed by atoms with Gasteiger partial charge >= 0.3 is 0 Å². The molecular formula is C22H21ClFNO. The second-order valence-corrected chi connectivity index (χ2v) is 6.74. The van der Waals surface area contributed by atoms with E-state index in [-0.39, 0.29) is 12.4 Å². The van der Waals surface area contributed by atoms with E-state index in [0.29, 0.717) is 17.3 Å². The molecule has 3 aromatic carbocycles. The second kappa shape index (κ2) is 8.24. The van der Waals surface area contributed by atoms with Gasteiger partial charge in [-0.1, -0.05) is 35.9 Å².